The summed E-state index contributed by atoms with van der Waals surface area (Å²) in [4.78, 5) is 85.0. The Bertz CT molecular complexity index is 1720. The lowest BCUT2D eigenvalue weighted by atomic mass is 9.96. The number of piperidine rings is 1. The summed E-state index contributed by atoms with van der Waals surface area (Å²) in [6, 6.07) is 3.55. The van der Waals surface area contributed by atoms with Crippen LogP contribution in [0.4, 0.5) is 0 Å². The van der Waals surface area contributed by atoms with Crippen LogP contribution in [0.15, 0.2) is 46.9 Å². The molecule has 2 fully saturated rings. The topological polar surface area (TPSA) is 235 Å². The molecule has 2 heterocycles. The quantitative estimate of drug-likeness (QED) is 0.200. The standard InChI is InChI=1S/C37H48BrN5O11/c1-18(2)31-37(53)54-19(3)14-29(47)39-26(16-21-6-9-23(45)10-7-21)33(49)40-25-11-13-30(48)43(35(25)51)32(20(4)44)36(52)42(5)27(34(50)41-31)17-22-8-12-28(46)24(38)15-22/h6-10,12,15,18-20,25-27,30-32,44-46,48H,11,13-14,16-17H2,1-5H3,(H,39,47)(H,40,49)(H,41,50)/t19-,20+,25-,26?,27+,30-,31+,32?/m1/s1. The van der Waals surface area contributed by atoms with Gasteiger partial charge in [-0.05, 0) is 83.9 Å². The third kappa shape index (κ3) is 10.3. The van der Waals surface area contributed by atoms with Gasteiger partial charge in [0, 0.05) is 19.9 Å². The van der Waals surface area contributed by atoms with Crippen molar-refractivity contribution in [3.8, 4) is 11.5 Å². The van der Waals surface area contributed by atoms with Gasteiger partial charge in [-0.3, -0.25) is 24.0 Å². The Morgan fingerprint density at radius 3 is 2.13 bits per heavy atom. The van der Waals surface area contributed by atoms with Gasteiger partial charge in [-0.15, -0.1) is 0 Å². The zero-order valence-electron chi connectivity index (χ0n) is 30.7. The van der Waals surface area contributed by atoms with Gasteiger partial charge in [0.25, 0.3) is 0 Å². The molecule has 0 saturated carbocycles. The number of benzene rings is 2. The van der Waals surface area contributed by atoms with Gasteiger partial charge in [-0.25, -0.2) is 4.79 Å². The van der Waals surface area contributed by atoms with Crippen molar-refractivity contribution in [3.05, 3.63) is 58.1 Å². The molecule has 17 heteroatoms. The molecule has 2 aromatic carbocycles. The number of phenols is 2. The minimum atomic E-state index is -1.72. The van der Waals surface area contributed by atoms with Crippen molar-refractivity contribution in [1.29, 1.82) is 0 Å². The molecule has 0 aromatic heterocycles. The highest BCUT2D eigenvalue weighted by atomic mass is 79.9. The number of aliphatic hydroxyl groups excluding tert-OH is 2. The number of halogens is 1. The van der Waals surface area contributed by atoms with Gasteiger partial charge >= 0.3 is 5.97 Å². The van der Waals surface area contributed by atoms with Gasteiger partial charge in [-0.1, -0.05) is 32.0 Å². The molecule has 2 bridgehead atoms. The first-order valence-corrected chi connectivity index (χ1v) is 18.5. The number of ether oxygens (including phenoxy) is 1. The van der Waals surface area contributed by atoms with Gasteiger partial charge in [-0.2, -0.15) is 0 Å². The third-order valence-corrected chi connectivity index (χ3v) is 10.1. The SMILES string of the molecule is CC(C)[C@@H]1NC(=O)[C@H](Cc2ccc(O)c(Br)c2)N(C)C(=O)C([C@H](C)O)N2C(=O)[C@@H](CC[C@H]2O)NC(=O)C(Cc2ccc(O)cc2)NC(=O)C[C@@H](C)OC1=O. The summed E-state index contributed by atoms with van der Waals surface area (Å²) < 4.78 is 5.91. The fourth-order valence-electron chi connectivity index (χ4n) is 6.51. The van der Waals surface area contributed by atoms with Crippen molar-refractivity contribution < 1.29 is 53.9 Å². The van der Waals surface area contributed by atoms with E-state index in [-0.39, 0.29) is 43.6 Å². The minimum absolute atomic E-state index is 0.0154. The highest BCUT2D eigenvalue weighted by Gasteiger charge is 2.46. The normalized spacial score (nSPS) is 27.2. The van der Waals surface area contributed by atoms with E-state index in [1.165, 1.54) is 45.2 Å². The zero-order chi connectivity index (χ0) is 40.0. The maximum atomic E-state index is 14.4. The summed E-state index contributed by atoms with van der Waals surface area (Å²) in [5.41, 5.74) is 1.05. The molecule has 5 amide bonds. The molecule has 4 rings (SSSR count). The number of fused-ring (bicyclic) bond motifs is 2. The van der Waals surface area contributed by atoms with Gasteiger partial charge < -0.3 is 50.9 Å². The smallest absolute Gasteiger partial charge is 0.329 e. The number of carbonyl (C=O) groups excluding carboxylic acids is 6. The van der Waals surface area contributed by atoms with E-state index in [1.807, 2.05) is 0 Å². The van der Waals surface area contributed by atoms with Crippen LogP contribution in [0.5, 0.6) is 11.5 Å². The van der Waals surface area contributed by atoms with Crippen LogP contribution in [0.3, 0.4) is 0 Å². The maximum absolute atomic E-state index is 14.4. The van der Waals surface area contributed by atoms with Crippen LogP contribution in [0.25, 0.3) is 0 Å². The van der Waals surface area contributed by atoms with Crippen molar-refractivity contribution in [3.63, 3.8) is 0 Å². The Kier molecular flexibility index (Phi) is 14.0. The number of nitrogens with zero attached hydrogens (tertiary/aromatic N) is 2. The van der Waals surface area contributed by atoms with E-state index < -0.39 is 90.1 Å². The second-order valence-corrected chi connectivity index (χ2v) is 15.0. The minimum Gasteiger partial charge on any atom is -0.508 e. The lowest BCUT2D eigenvalue weighted by Crippen LogP contribution is -2.66. The number of nitrogens with one attached hydrogen (secondary N) is 3. The molecular formula is C37H48BrN5O11. The summed E-state index contributed by atoms with van der Waals surface area (Å²) in [5.74, 6) is -5.48. The first-order valence-electron chi connectivity index (χ1n) is 17.7. The first kappa shape index (κ1) is 42.0. The highest BCUT2D eigenvalue weighted by molar-refractivity contribution is 9.10. The molecule has 7 N–H and O–H groups in total. The number of aromatic hydroxyl groups is 2. The number of rotatable bonds is 6. The second-order valence-electron chi connectivity index (χ2n) is 14.2. The monoisotopic (exact) mass is 817 g/mol. The van der Waals surface area contributed by atoms with Crippen LogP contribution in [0.1, 0.15) is 58.1 Å². The molecular weight excluding hydrogens is 770 g/mol. The Morgan fingerprint density at radius 1 is 0.870 bits per heavy atom. The number of esters is 1. The van der Waals surface area contributed by atoms with Gasteiger partial charge in [0.2, 0.25) is 29.5 Å². The van der Waals surface area contributed by atoms with Crippen molar-refractivity contribution in [2.45, 2.75) is 108 Å². The number of phenolic OH excluding ortho intramolecular Hbond substituents is 2. The molecule has 16 nitrogen and oxygen atoms in total. The molecule has 8 atom stereocenters. The molecule has 2 saturated heterocycles. The van der Waals surface area contributed by atoms with Gasteiger partial charge in [0.15, 0.2) is 0 Å². The maximum Gasteiger partial charge on any atom is 0.329 e. The summed E-state index contributed by atoms with van der Waals surface area (Å²) in [5, 5.41) is 49.8. The number of likely N-dealkylation sites (N-methyl/N-ethyl adjacent to an activating group) is 1. The number of aliphatic hydroxyl groups is 2. The number of cyclic esters (lactones) is 1. The Labute approximate surface area is 321 Å². The molecule has 2 unspecified atom stereocenters. The largest absolute Gasteiger partial charge is 0.508 e. The van der Waals surface area contributed by atoms with E-state index in [0.717, 1.165) is 9.80 Å². The second kappa shape index (κ2) is 18.1. The fourth-order valence-corrected chi connectivity index (χ4v) is 6.94. The zero-order valence-corrected chi connectivity index (χ0v) is 32.3. The van der Waals surface area contributed by atoms with E-state index in [1.54, 1.807) is 32.0 Å². The average Bonchev–Trinajstić information content (AvgIpc) is 3.09. The van der Waals surface area contributed by atoms with E-state index in [2.05, 4.69) is 31.9 Å². The lowest BCUT2D eigenvalue weighted by Gasteiger charge is -2.43. The van der Waals surface area contributed by atoms with E-state index in [0.29, 0.717) is 15.6 Å². The third-order valence-electron chi connectivity index (χ3n) is 9.51. The first-order chi connectivity index (χ1) is 25.4. The fraction of sp³-hybridized carbons (Fsp3) is 0.514. The summed E-state index contributed by atoms with van der Waals surface area (Å²) in [6.07, 6.45) is -4.83. The summed E-state index contributed by atoms with van der Waals surface area (Å²) >= 11 is 3.25. The Balaban J connectivity index is 1.78. The predicted octanol–water partition coefficient (Wildman–Crippen LogP) is 0.609. The van der Waals surface area contributed by atoms with Crippen molar-refractivity contribution in [2.75, 3.05) is 7.05 Å². The van der Waals surface area contributed by atoms with Crippen LogP contribution in [-0.2, 0) is 46.3 Å². The van der Waals surface area contributed by atoms with E-state index >= 15 is 0 Å². The van der Waals surface area contributed by atoms with E-state index in [9.17, 15) is 49.2 Å². The number of carbonyl (C=O) groups is 6. The molecule has 2 aliphatic rings. The highest BCUT2D eigenvalue weighted by Crippen LogP contribution is 2.27. The lowest BCUT2D eigenvalue weighted by molar-refractivity contribution is -0.170. The number of hydrogen-bond donors (Lipinski definition) is 7. The van der Waals surface area contributed by atoms with E-state index in [4.69, 9.17) is 4.74 Å². The van der Waals surface area contributed by atoms with Gasteiger partial charge in [0.05, 0.1) is 17.0 Å². The van der Waals surface area contributed by atoms with Crippen molar-refractivity contribution in [1.82, 2.24) is 25.8 Å². The Hall–Kier alpha value is -4.74. The Morgan fingerprint density at radius 2 is 1.52 bits per heavy atom. The molecule has 2 aromatic rings. The molecule has 2 aliphatic heterocycles. The number of hydrogen-bond acceptors (Lipinski definition) is 11. The van der Waals surface area contributed by atoms with Crippen LogP contribution in [0.2, 0.25) is 0 Å². The van der Waals surface area contributed by atoms with Crippen molar-refractivity contribution >= 4 is 51.4 Å². The van der Waals surface area contributed by atoms with Crippen LogP contribution in [0, 0.1) is 5.92 Å². The molecule has 0 radical (unpaired) electrons. The van der Waals surface area contributed by atoms with Crippen LogP contribution in [-0.4, -0.2) is 121 Å². The molecule has 0 spiro atoms. The predicted molar refractivity (Wildman–Crippen MR) is 196 cm³/mol. The molecule has 0 aliphatic carbocycles. The van der Waals surface area contributed by atoms with Gasteiger partial charge in [0.1, 0.15) is 54.0 Å². The number of amides is 5. The molecule has 294 valence electrons. The van der Waals surface area contributed by atoms with Crippen LogP contribution >= 0.6 is 15.9 Å². The average molecular weight is 819 g/mol. The molecule has 54 heavy (non-hydrogen) atoms. The summed E-state index contributed by atoms with van der Waals surface area (Å²) in [6.45, 7) is 6.05. The summed E-state index contributed by atoms with van der Waals surface area (Å²) in [7, 11) is 1.29. The van der Waals surface area contributed by atoms with Crippen molar-refractivity contribution in [2.24, 2.45) is 5.92 Å². The van der Waals surface area contributed by atoms with Crippen LogP contribution < -0.4 is 16.0 Å².